The Balaban J connectivity index is 1.25. The molecular weight excluding hydrogens is 594 g/mol. The van der Waals surface area contributed by atoms with Crippen molar-refractivity contribution in [2.75, 3.05) is 6.54 Å². The van der Waals surface area contributed by atoms with Crippen molar-refractivity contribution in [2.24, 2.45) is 0 Å². The Hall–Kier alpha value is -5.19. The van der Waals surface area contributed by atoms with Crippen LogP contribution in [0.25, 0.3) is 22.5 Å². The van der Waals surface area contributed by atoms with Crippen molar-refractivity contribution in [1.29, 1.82) is 5.26 Å². The van der Waals surface area contributed by atoms with Crippen LogP contribution in [0.3, 0.4) is 0 Å². The summed E-state index contributed by atoms with van der Waals surface area (Å²) in [4.78, 5) is 28.2. The summed E-state index contributed by atoms with van der Waals surface area (Å²) in [6.45, 7) is 6.91. The Bertz CT molecular complexity index is 1910. The van der Waals surface area contributed by atoms with Crippen LogP contribution in [0.2, 0.25) is 0 Å². The number of aromatic nitrogens is 3. The van der Waals surface area contributed by atoms with E-state index in [1.54, 1.807) is 6.20 Å². The van der Waals surface area contributed by atoms with E-state index in [0.717, 1.165) is 85.4 Å². The van der Waals surface area contributed by atoms with Crippen LogP contribution in [0.4, 0.5) is 0 Å². The number of rotatable bonds is 13. The average molecular weight is 636 g/mol. The van der Waals surface area contributed by atoms with Crippen molar-refractivity contribution in [2.45, 2.75) is 71.9 Å². The zero-order chi connectivity index (χ0) is 33.5. The van der Waals surface area contributed by atoms with Gasteiger partial charge < -0.3 is 5.11 Å². The topological polar surface area (TPSA) is 103 Å². The second-order valence-electron chi connectivity index (χ2n) is 12.8. The van der Waals surface area contributed by atoms with Gasteiger partial charge in [-0.1, -0.05) is 60.7 Å². The third-order valence-electron chi connectivity index (χ3n) is 9.38. The number of hydrogen-bond donors (Lipinski definition) is 1. The molecule has 242 valence electrons. The number of fused-ring (bicyclic) bond motifs is 1. The molecule has 3 aromatic heterocycles. The lowest BCUT2D eigenvalue weighted by molar-refractivity contribution is -0.136. The second-order valence-corrected chi connectivity index (χ2v) is 12.8. The van der Waals surface area contributed by atoms with E-state index in [1.165, 1.54) is 22.3 Å². The van der Waals surface area contributed by atoms with E-state index in [2.05, 4.69) is 89.6 Å². The second kappa shape index (κ2) is 15.1. The number of aliphatic carboxylic acids is 1. The Morgan fingerprint density at radius 3 is 2.21 bits per heavy atom. The smallest absolute Gasteiger partial charge is 0.303 e. The van der Waals surface area contributed by atoms with Gasteiger partial charge in [-0.05, 0) is 110 Å². The summed E-state index contributed by atoms with van der Waals surface area (Å²) in [5.41, 5.74) is 13.0. The predicted octanol–water partition coefficient (Wildman–Crippen LogP) is 7.84. The largest absolute Gasteiger partial charge is 0.481 e. The minimum absolute atomic E-state index is 0.00258. The molecule has 0 fully saturated rings. The van der Waals surface area contributed by atoms with Crippen molar-refractivity contribution in [1.82, 2.24) is 19.9 Å². The normalized spacial score (nSPS) is 12.2. The van der Waals surface area contributed by atoms with E-state index in [9.17, 15) is 10.1 Å². The minimum atomic E-state index is -0.866. The zero-order valence-corrected chi connectivity index (χ0v) is 27.7. The van der Waals surface area contributed by atoms with Gasteiger partial charge in [0, 0.05) is 48.7 Å². The van der Waals surface area contributed by atoms with Crippen LogP contribution in [0.1, 0.15) is 69.6 Å². The maximum absolute atomic E-state index is 11.2. The number of nitriles is 1. The SMILES string of the molecule is Cc1c(-c2nc(CCCN(Cc3ccccc3)Cc3ccccc3)cc3c2CCC3)cnc(-c2cc(CCC(=O)O)cnc2C#N)c1C. The quantitative estimate of drug-likeness (QED) is 0.141. The number of aryl methyl sites for hydroxylation is 3. The highest BCUT2D eigenvalue weighted by atomic mass is 16.4. The molecule has 3 heterocycles. The number of carboxylic acids is 1. The predicted molar refractivity (Wildman–Crippen MR) is 188 cm³/mol. The Kier molecular flexibility index (Phi) is 10.3. The lowest BCUT2D eigenvalue weighted by Crippen LogP contribution is -2.24. The molecule has 0 amide bonds. The molecule has 2 aromatic carbocycles. The van der Waals surface area contributed by atoms with E-state index in [-0.39, 0.29) is 12.1 Å². The fraction of sp³-hybridized carbons (Fsp3) is 0.293. The number of carboxylic acid groups (broad SMARTS) is 1. The van der Waals surface area contributed by atoms with Crippen LogP contribution in [0.15, 0.2) is 85.2 Å². The number of hydrogen-bond acceptors (Lipinski definition) is 6. The average Bonchev–Trinajstić information content (AvgIpc) is 3.58. The highest BCUT2D eigenvalue weighted by molar-refractivity contribution is 5.76. The summed E-state index contributed by atoms with van der Waals surface area (Å²) in [5.74, 6) is -0.866. The van der Waals surface area contributed by atoms with Gasteiger partial charge in [-0.15, -0.1) is 0 Å². The molecule has 0 radical (unpaired) electrons. The number of nitrogens with zero attached hydrogens (tertiary/aromatic N) is 5. The molecule has 0 saturated carbocycles. The van der Waals surface area contributed by atoms with Crippen molar-refractivity contribution in [3.63, 3.8) is 0 Å². The van der Waals surface area contributed by atoms with E-state index in [4.69, 9.17) is 15.1 Å². The fourth-order valence-corrected chi connectivity index (χ4v) is 6.75. The van der Waals surface area contributed by atoms with Gasteiger partial charge in [-0.3, -0.25) is 19.7 Å². The number of benzene rings is 2. The Morgan fingerprint density at radius 1 is 0.833 bits per heavy atom. The van der Waals surface area contributed by atoms with Gasteiger partial charge in [0.25, 0.3) is 0 Å². The van der Waals surface area contributed by atoms with Gasteiger partial charge in [0.05, 0.1) is 11.4 Å². The third kappa shape index (κ3) is 7.67. The molecule has 0 bridgehead atoms. The highest BCUT2D eigenvalue weighted by Crippen LogP contribution is 2.36. The van der Waals surface area contributed by atoms with Gasteiger partial charge in [0.1, 0.15) is 11.8 Å². The van der Waals surface area contributed by atoms with Gasteiger partial charge in [0.2, 0.25) is 0 Å². The fourth-order valence-electron chi connectivity index (χ4n) is 6.75. The Morgan fingerprint density at radius 2 is 1.54 bits per heavy atom. The molecule has 1 aliphatic carbocycles. The lowest BCUT2D eigenvalue weighted by atomic mass is 9.93. The van der Waals surface area contributed by atoms with Crippen molar-refractivity contribution in [3.8, 4) is 28.6 Å². The Labute approximate surface area is 283 Å². The van der Waals surface area contributed by atoms with Crippen LogP contribution in [-0.4, -0.2) is 37.5 Å². The first-order valence-corrected chi connectivity index (χ1v) is 16.8. The van der Waals surface area contributed by atoms with E-state index in [0.29, 0.717) is 17.7 Å². The first kappa shape index (κ1) is 32.7. The first-order chi connectivity index (χ1) is 23.4. The lowest BCUT2D eigenvalue weighted by Gasteiger charge is -2.23. The summed E-state index contributed by atoms with van der Waals surface area (Å²) in [5, 5.41) is 19.0. The van der Waals surface area contributed by atoms with Gasteiger partial charge in [0.15, 0.2) is 0 Å². The van der Waals surface area contributed by atoms with Crippen molar-refractivity contribution in [3.05, 3.63) is 136 Å². The summed E-state index contributed by atoms with van der Waals surface area (Å²) < 4.78 is 0. The number of carbonyl (C=O) groups is 1. The number of pyridine rings is 3. The zero-order valence-electron chi connectivity index (χ0n) is 27.7. The maximum atomic E-state index is 11.2. The molecule has 1 aliphatic rings. The summed E-state index contributed by atoms with van der Waals surface area (Å²) in [7, 11) is 0. The summed E-state index contributed by atoms with van der Waals surface area (Å²) >= 11 is 0. The first-order valence-electron chi connectivity index (χ1n) is 16.8. The summed E-state index contributed by atoms with van der Waals surface area (Å²) in [6, 6.07) is 27.7. The van der Waals surface area contributed by atoms with Gasteiger partial charge in [-0.2, -0.15) is 5.26 Å². The van der Waals surface area contributed by atoms with Crippen molar-refractivity contribution >= 4 is 5.97 Å². The molecule has 48 heavy (non-hydrogen) atoms. The molecule has 7 nitrogen and oxygen atoms in total. The van der Waals surface area contributed by atoms with Crippen LogP contribution in [-0.2, 0) is 43.6 Å². The molecule has 5 aromatic rings. The summed E-state index contributed by atoms with van der Waals surface area (Å²) in [6.07, 6.45) is 8.92. The van der Waals surface area contributed by atoms with Crippen LogP contribution in [0, 0.1) is 25.2 Å². The van der Waals surface area contributed by atoms with Crippen LogP contribution in [0.5, 0.6) is 0 Å². The van der Waals surface area contributed by atoms with E-state index >= 15 is 0 Å². The molecular formula is C41H41N5O2. The highest BCUT2D eigenvalue weighted by Gasteiger charge is 2.23. The van der Waals surface area contributed by atoms with Crippen LogP contribution < -0.4 is 0 Å². The maximum Gasteiger partial charge on any atom is 0.303 e. The van der Waals surface area contributed by atoms with Crippen LogP contribution >= 0.6 is 0 Å². The molecule has 0 unspecified atom stereocenters. The molecule has 0 aliphatic heterocycles. The van der Waals surface area contributed by atoms with E-state index in [1.807, 2.05) is 19.2 Å². The monoisotopic (exact) mass is 635 g/mol. The van der Waals surface area contributed by atoms with E-state index < -0.39 is 5.97 Å². The third-order valence-corrected chi connectivity index (χ3v) is 9.38. The standard InChI is InChI=1S/C41H41N5O2/c1-28-29(2)40(36-21-32(18-19-39(47)48)24-43-38(36)23-42)44-25-37(28)41-35-17-9-15-33(35)22-34(45-41)16-10-20-46(26-30-11-5-3-6-12-30)27-31-13-7-4-8-14-31/h3-8,11-14,21-22,24-25H,9-10,15-20,26-27H2,1-2H3,(H,47,48). The van der Waals surface area contributed by atoms with Gasteiger partial charge in [-0.25, -0.2) is 4.98 Å². The molecule has 0 spiro atoms. The minimum Gasteiger partial charge on any atom is -0.481 e. The molecule has 1 N–H and O–H groups in total. The van der Waals surface area contributed by atoms with Gasteiger partial charge >= 0.3 is 5.97 Å². The molecule has 7 heteroatoms. The molecule has 0 saturated heterocycles. The molecule has 6 rings (SSSR count). The van der Waals surface area contributed by atoms with Crippen molar-refractivity contribution < 1.29 is 9.90 Å². The molecule has 0 atom stereocenters.